The molecule has 1 heterocycles. The van der Waals surface area contributed by atoms with Crippen LogP contribution >= 0.6 is 22.6 Å². The number of nitro groups is 1. The molecule has 1 N–H and O–H groups in total. The third kappa shape index (κ3) is 2.63. The van der Waals surface area contributed by atoms with Gasteiger partial charge in [-0.05, 0) is 52.4 Å². The van der Waals surface area contributed by atoms with Crippen LogP contribution in [0.4, 0.5) is 5.69 Å². The average Bonchev–Trinajstić information content (AvgIpc) is 2.89. The maximum Gasteiger partial charge on any atom is 0.284 e. The number of H-pyrrole nitrogens is 1. The molecule has 0 saturated heterocycles. The van der Waals surface area contributed by atoms with E-state index in [4.69, 9.17) is 4.74 Å². The van der Waals surface area contributed by atoms with Crippen LogP contribution in [0.15, 0.2) is 36.4 Å². The summed E-state index contributed by atoms with van der Waals surface area (Å²) < 4.78 is 5.80. The van der Waals surface area contributed by atoms with Gasteiger partial charge in [0, 0.05) is 12.0 Å². The molecule has 7 heteroatoms. The molecule has 0 bridgehead atoms. The molecule has 0 radical (unpaired) electrons. The summed E-state index contributed by atoms with van der Waals surface area (Å²) in [5.74, 6) is 0.762. The minimum atomic E-state index is -0.334. The summed E-state index contributed by atoms with van der Waals surface area (Å²) in [6.45, 7) is 0. The summed E-state index contributed by atoms with van der Waals surface area (Å²) in [7, 11) is 1.61. The van der Waals surface area contributed by atoms with E-state index in [2.05, 4.69) is 10.2 Å². The Morgan fingerprint density at radius 3 is 2.64 bits per heavy atom. The Hall–Kier alpha value is -2.16. The molecule has 112 valence electrons. The molecular weight excluding hydrogens is 397 g/mol. The third-order valence-corrected chi connectivity index (χ3v) is 4.25. The van der Waals surface area contributed by atoms with Gasteiger partial charge < -0.3 is 4.74 Å². The monoisotopic (exact) mass is 409 g/mol. The van der Waals surface area contributed by atoms with E-state index in [1.807, 2.05) is 46.9 Å². The molecule has 0 aliphatic rings. The molecule has 22 heavy (non-hydrogen) atoms. The van der Waals surface area contributed by atoms with Crippen molar-refractivity contribution in [2.24, 2.45) is 0 Å². The first-order valence-electron chi connectivity index (χ1n) is 6.53. The summed E-state index contributed by atoms with van der Waals surface area (Å²) in [5, 5.41) is 19.0. The van der Waals surface area contributed by atoms with Crippen molar-refractivity contribution in [3.8, 4) is 5.75 Å². The van der Waals surface area contributed by atoms with E-state index in [9.17, 15) is 10.1 Å². The maximum atomic E-state index is 11.5. The van der Waals surface area contributed by atoms with Gasteiger partial charge in [0.1, 0.15) is 20.4 Å². The number of hydrogen-bond donors (Lipinski definition) is 1. The minimum absolute atomic E-state index is 0.117. The molecule has 0 aliphatic heterocycles. The number of methoxy groups -OCH3 is 1. The van der Waals surface area contributed by atoms with E-state index in [1.165, 1.54) is 0 Å². The summed E-state index contributed by atoms with van der Waals surface area (Å²) in [6, 6.07) is 11.1. The average molecular weight is 409 g/mol. The second-order valence-corrected chi connectivity index (χ2v) is 5.87. The van der Waals surface area contributed by atoms with Crippen LogP contribution in [0.5, 0.6) is 5.75 Å². The lowest BCUT2D eigenvalue weighted by Gasteiger charge is -2.06. The maximum absolute atomic E-state index is 11.5. The van der Waals surface area contributed by atoms with E-state index >= 15 is 0 Å². The van der Waals surface area contributed by atoms with Crippen molar-refractivity contribution in [1.82, 2.24) is 10.2 Å². The highest BCUT2D eigenvalue weighted by atomic mass is 127. The molecule has 2 aromatic carbocycles. The normalized spacial score (nSPS) is 10.8. The SMILES string of the molecule is COc1ccc(Cc2ccc3n[nH]c(I)c3c2[N+](=O)[O-])cc1. The van der Waals surface area contributed by atoms with Gasteiger partial charge in [0.25, 0.3) is 5.69 Å². The summed E-state index contributed by atoms with van der Waals surface area (Å²) >= 11 is 2.03. The number of aromatic amines is 1. The van der Waals surface area contributed by atoms with Crippen molar-refractivity contribution < 1.29 is 9.66 Å². The Balaban J connectivity index is 2.07. The number of fused-ring (bicyclic) bond motifs is 1. The number of benzene rings is 2. The molecule has 0 amide bonds. The first-order valence-corrected chi connectivity index (χ1v) is 7.61. The number of nitrogens with zero attached hydrogens (tertiary/aromatic N) is 2. The van der Waals surface area contributed by atoms with Gasteiger partial charge in [-0.2, -0.15) is 5.10 Å². The van der Waals surface area contributed by atoms with Gasteiger partial charge in [0.05, 0.1) is 12.0 Å². The molecular formula is C15H12IN3O3. The summed E-state index contributed by atoms with van der Waals surface area (Å²) in [6.07, 6.45) is 0.484. The van der Waals surface area contributed by atoms with Gasteiger partial charge >= 0.3 is 0 Å². The lowest BCUT2D eigenvalue weighted by molar-refractivity contribution is -0.383. The van der Waals surface area contributed by atoms with Crippen molar-refractivity contribution in [1.29, 1.82) is 0 Å². The Morgan fingerprint density at radius 2 is 2.00 bits per heavy atom. The molecule has 0 aliphatic carbocycles. The summed E-state index contributed by atoms with van der Waals surface area (Å²) in [4.78, 5) is 11.2. The second kappa shape index (κ2) is 5.91. The number of aromatic nitrogens is 2. The molecule has 0 saturated carbocycles. The van der Waals surface area contributed by atoms with Crippen LogP contribution in [0.3, 0.4) is 0 Å². The zero-order valence-corrected chi connectivity index (χ0v) is 13.8. The smallest absolute Gasteiger partial charge is 0.284 e. The van der Waals surface area contributed by atoms with E-state index < -0.39 is 0 Å². The lowest BCUT2D eigenvalue weighted by Crippen LogP contribution is -1.98. The summed E-state index contributed by atoms with van der Waals surface area (Å²) in [5.41, 5.74) is 2.38. The fraction of sp³-hybridized carbons (Fsp3) is 0.133. The van der Waals surface area contributed by atoms with Crippen molar-refractivity contribution in [2.45, 2.75) is 6.42 Å². The van der Waals surface area contributed by atoms with Crippen molar-refractivity contribution >= 4 is 39.2 Å². The first kappa shape index (κ1) is 14.8. The highest BCUT2D eigenvalue weighted by molar-refractivity contribution is 14.1. The van der Waals surface area contributed by atoms with Crippen LogP contribution in [-0.4, -0.2) is 22.2 Å². The highest BCUT2D eigenvalue weighted by Crippen LogP contribution is 2.33. The topological polar surface area (TPSA) is 81.0 Å². The van der Waals surface area contributed by atoms with Crippen LogP contribution in [0.2, 0.25) is 0 Å². The van der Waals surface area contributed by atoms with Crippen LogP contribution in [0.25, 0.3) is 10.9 Å². The fourth-order valence-corrected chi connectivity index (χ4v) is 3.07. The number of nitrogens with one attached hydrogen (secondary N) is 1. The molecule has 1 aromatic heterocycles. The van der Waals surface area contributed by atoms with Gasteiger partial charge in [-0.3, -0.25) is 15.2 Å². The van der Waals surface area contributed by atoms with Gasteiger partial charge in [-0.1, -0.05) is 12.1 Å². The number of halogens is 1. The second-order valence-electron chi connectivity index (χ2n) is 4.79. The predicted octanol–water partition coefficient (Wildman–Crippen LogP) is 3.68. The Labute approximate surface area is 139 Å². The van der Waals surface area contributed by atoms with Crippen molar-refractivity contribution in [3.63, 3.8) is 0 Å². The molecule has 0 atom stereocenters. The number of hydrogen-bond acceptors (Lipinski definition) is 4. The third-order valence-electron chi connectivity index (χ3n) is 3.47. The van der Waals surface area contributed by atoms with Gasteiger partial charge in [0.15, 0.2) is 0 Å². The van der Waals surface area contributed by atoms with Crippen LogP contribution < -0.4 is 4.74 Å². The Morgan fingerprint density at radius 1 is 1.27 bits per heavy atom. The quantitative estimate of drug-likeness (QED) is 0.405. The largest absolute Gasteiger partial charge is 0.497 e. The van der Waals surface area contributed by atoms with Crippen LogP contribution in [-0.2, 0) is 6.42 Å². The molecule has 0 fully saturated rings. The molecule has 0 unspecified atom stereocenters. The Kier molecular flexibility index (Phi) is 3.97. The standard InChI is InChI=1S/C15H12IN3O3/c1-22-11-5-2-9(3-6-11)8-10-4-7-12-13(14(10)19(20)21)15(16)18-17-12/h2-7H,8H2,1H3,(H,17,18). The molecule has 0 spiro atoms. The van der Waals surface area contributed by atoms with Crippen molar-refractivity contribution in [3.05, 3.63) is 61.3 Å². The number of ether oxygens (including phenoxy) is 1. The molecule has 3 aromatic rings. The zero-order chi connectivity index (χ0) is 15.7. The van der Waals surface area contributed by atoms with E-state index in [0.29, 0.717) is 26.6 Å². The lowest BCUT2D eigenvalue weighted by atomic mass is 10.0. The van der Waals surface area contributed by atoms with Crippen molar-refractivity contribution in [2.75, 3.05) is 7.11 Å². The van der Waals surface area contributed by atoms with Gasteiger partial charge in [-0.15, -0.1) is 0 Å². The molecule has 6 nitrogen and oxygen atoms in total. The van der Waals surface area contributed by atoms with Crippen LogP contribution in [0.1, 0.15) is 11.1 Å². The van der Waals surface area contributed by atoms with Gasteiger partial charge in [-0.25, -0.2) is 0 Å². The van der Waals surface area contributed by atoms with E-state index in [0.717, 1.165) is 11.3 Å². The zero-order valence-electron chi connectivity index (χ0n) is 11.7. The molecule has 3 rings (SSSR count). The number of rotatable bonds is 4. The number of nitro benzene ring substituents is 1. The van der Waals surface area contributed by atoms with E-state index in [-0.39, 0.29) is 10.6 Å². The van der Waals surface area contributed by atoms with Gasteiger partial charge in [0.2, 0.25) is 0 Å². The minimum Gasteiger partial charge on any atom is -0.497 e. The fourth-order valence-electron chi connectivity index (χ4n) is 2.41. The highest BCUT2D eigenvalue weighted by Gasteiger charge is 2.22. The first-order chi connectivity index (χ1) is 10.6. The predicted molar refractivity (Wildman–Crippen MR) is 91.3 cm³/mol. The van der Waals surface area contributed by atoms with Crippen LogP contribution in [0, 0.1) is 13.8 Å². The Bertz CT molecular complexity index is 843. The van der Waals surface area contributed by atoms with E-state index in [1.54, 1.807) is 19.2 Å².